The van der Waals surface area contributed by atoms with E-state index in [1.165, 1.54) is 11.3 Å². The predicted molar refractivity (Wildman–Crippen MR) is 125 cm³/mol. The molecule has 33 heavy (non-hydrogen) atoms. The van der Waals surface area contributed by atoms with Crippen molar-refractivity contribution in [2.45, 2.75) is 31.8 Å². The number of rotatable bonds is 6. The number of hydrogen-bond donors (Lipinski definition) is 0. The molecule has 5 rings (SSSR count). The van der Waals surface area contributed by atoms with E-state index in [-0.39, 0.29) is 36.7 Å². The number of hydrogen-bond acceptors (Lipinski definition) is 7. The van der Waals surface area contributed by atoms with Crippen LogP contribution in [0.2, 0.25) is 0 Å². The van der Waals surface area contributed by atoms with Gasteiger partial charge in [0.2, 0.25) is 11.8 Å². The van der Waals surface area contributed by atoms with Gasteiger partial charge in [-0.05, 0) is 43.2 Å². The molecular formula is C24H23N3O5S. The molecular weight excluding hydrogens is 442 g/mol. The average molecular weight is 466 g/mol. The molecule has 1 atom stereocenters. The Hall–Kier alpha value is -3.30. The van der Waals surface area contributed by atoms with E-state index < -0.39 is 0 Å². The number of aromatic nitrogens is 1. The van der Waals surface area contributed by atoms with Gasteiger partial charge in [0.05, 0.1) is 30.1 Å². The lowest BCUT2D eigenvalue weighted by Crippen LogP contribution is -2.37. The van der Waals surface area contributed by atoms with Crippen LogP contribution in [-0.4, -0.2) is 49.1 Å². The van der Waals surface area contributed by atoms with Crippen LogP contribution in [0, 0.1) is 0 Å². The lowest BCUT2D eigenvalue weighted by Gasteiger charge is -2.23. The quantitative estimate of drug-likeness (QED) is 0.515. The van der Waals surface area contributed by atoms with Crippen molar-refractivity contribution in [2.75, 3.05) is 30.1 Å². The number of carbonyl (C=O) groups excluding carboxylic acids is 3. The van der Waals surface area contributed by atoms with Gasteiger partial charge in [0, 0.05) is 25.0 Å². The number of carbonyl (C=O) groups is 3. The van der Waals surface area contributed by atoms with Crippen LogP contribution in [0.25, 0.3) is 10.2 Å². The minimum Gasteiger partial charge on any atom is -0.494 e. The molecule has 8 nitrogen and oxygen atoms in total. The Bertz CT molecular complexity index is 1220. The summed E-state index contributed by atoms with van der Waals surface area (Å²) in [5.41, 5.74) is 1.49. The summed E-state index contributed by atoms with van der Waals surface area (Å²) in [6, 6.07) is 12.3. The smallest absolute Gasteiger partial charge is 0.260 e. The number of nitrogens with zero attached hydrogens (tertiary/aromatic N) is 3. The Morgan fingerprint density at radius 1 is 1.21 bits per heavy atom. The van der Waals surface area contributed by atoms with Crippen molar-refractivity contribution in [3.8, 4) is 5.75 Å². The van der Waals surface area contributed by atoms with Gasteiger partial charge in [-0.25, -0.2) is 4.98 Å². The first-order valence-corrected chi connectivity index (χ1v) is 11.7. The van der Waals surface area contributed by atoms with Crippen molar-refractivity contribution in [3.05, 3.63) is 48.0 Å². The van der Waals surface area contributed by atoms with Crippen LogP contribution in [0.1, 0.15) is 36.0 Å². The van der Waals surface area contributed by atoms with Crippen LogP contribution in [0.3, 0.4) is 0 Å². The molecule has 9 heteroatoms. The van der Waals surface area contributed by atoms with Crippen LogP contribution in [0.15, 0.2) is 42.5 Å². The maximum Gasteiger partial charge on any atom is 0.260 e. The summed E-state index contributed by atoms with van der Waals surface area (Å²) in [7, 11) is 1.59. The average Bonchev–Trinajstić information content (AvgIpc) is 3.57. The van der Waals surface area contributed by atoms with Gasteiger partial charge >= 0.3 is 0 Å². The predicted octanol–water partition coefficient (Wildman–Crippen LogP) is 3.78. The Balaban J connectivity index is 1.52. The molecule has 3 aromatic rings. The van der Waals surface area contributed by atoms with E-state index in [9.17, 15) is 14.4 Å². The number of ether oxygens (including phenoxy) is 2. The minimum atomic E-state index is -0.260. The molecule has 0 radical (unpaired) electrons. The van der Waals surface area contributed by atoms with Gasteiger partial charge in [0.1, 0.15) is 11.3 Å². The number of thiazole rings is 1. The number of fused-ring (bicyclic) bond motifs is 1. The monoisotopic (exact) mass is 465 g/mol. The molecule has 170 valence electrons. The molecule has 0 spiro atoms. The topological polar surface area (TPSA) is 89.0 Å². The molecule has 2 saturated heterocycles. The Kier molecular flexibility index (Phi) is 5.82. The fraction of sp³-hybridized carbons (Fsp3) is 0.333. The molecule has 2 aliphatic rings. The highest BCUT2D eigenvalue weighted by molar-refractivity contribution is 7.22. The first-order valence-electron chi connectivity index (χ1n) is 10.9. The van der Waals surface area contributed by atoms with Crippen LogP contribution >= 0.6 is 11.3 Å². The molecule has 0 aliphatic carbocycles. The molecule has 3 heterocycles. The number of benzene rings is 2. The first-order chi connectivity index (χ1) is 16.0. The third-order valence-electron chi connectivity index (χ3n) is 5.88. The highest BCUT2D eigenvalue weighted by Crippen LogP contribution is 2.35. The third-order valence-corrected chi connectivity index (χ3v) is 6.92. The van der Waals surface area contributed by atoms with Gasteiger partial charge < -0.3 is 9.47 Å². The molecule has 2 aromatic carbocycles. The summed E-state index contributed by atoms with van der Waals surface area (Å²) < 4.78 is 12.2. The minimum absolute atomic E-state index is 0.0761. The number of imide groups is 1. The second-order valence-electron chi connectivity index (χ2n) is 8.03. The van der Waals surface area contributed by atoms with E-state index in [0.717, 1.165) is 22.4 Å². The number of methoxy groups -OCH3 is 1. The van der Waals surface area contributed by atoms with Crippen molar-refractivity contribution in [1.29, 1.82) is 0 Å². The van der Waals surface area contributed by atoms with Crippen molar-refractivity contribution in [3.63, 3.8) is 0 Å². The maximum absolute atomic E-state index is 13.7. The summed E-state index contributed by atoms with van der Waals surface area (Å²) >= 11 is 1.41. The standard InChI is InChI=1S/C24H23N3O5S/c1-31-18-8-3-9-19-22(18)25-24(33-19)26(14-17-7-4-12-32-17)23(30)15-5-2-6-16(13-15)27-20(28)10-11-21(27)29/h2-3,5-6,8-9,13,17H,4,7,10-12,14H2,1H3. The molecule has 2 aliphatic heterocycles. The fourth-order valence-corrected chi connectivity index (χ4v) is 5.22. The van der Waals surface area contributed by atoms with Crippen molar-refractivity contribution in [1.82, 2.24) is 4.98 Å². The number of para-hydroxylation sites is 1. The second-order valence-corrected chi connectivity index (χ2v) is 9.04. The van der Waals surface area contributed by atoms with E-state index in [0.29, 0.717) is 40.8 Å². The first kappa shape index (κ1) is 21.5. The zero-order chi connectivity index (χ0) is 22.9. The van der Waals surface area contributed by atoms with Crippen LogP contribution in [-0.2, 0) is 14.3 Å². The third kappa shape index (κ3) is 4.09. The lowest BCUT2D eigenvalue weighted by atomic mass is 10.1. The van der Waals surface area contributed by atoms with Gasteiger partial charge in [-0.3, -0.25) is 24.2 Å². The van der Waals surface area contributed by atoms with E-state index in [2.05, 4.69) is 0 Å². The summed E-state index contributed by atoms with van der Waals surface area (Å²) in [5.74, 6) is -0.116. The van der Waals surface area contributed by atoms with Gasteiger partial charge in [0.15, 0.2) is 5.13 Å². The lowest BCUT2D eigenvalue weighted by molar-refractivity contribution is -0.121. The largest absolute Gasteiger partial charge is 0.494 e. The van der Waals surface area contributed by atoms with Crippen molar-refractivity contribution < 1.29 is 23.9 Å². The van der Waals surface area contributed by atoms with E-state index in [1.807, 2.05) is 18.2 Å². The molecule has 1 aromatic heterocycles. The highest BCUT2D eigenvalue weighted by Gasteiger charge is 2.32. The van der Waals surface area contributed by atoms with Gasteiger partial charge in [-0.2, -0.15) is 0 Å². The Morgan fingerprint density at radius 3 is 2.73 bits per heavy atom. The fourth-order valence-electron chi connectivity index (χ4n) is 4.23. The van der Waals surface area contributed by atoms with E-state index >= 15 is 0 Å². The van der Waals surface area contributed by atoms with Crippen molar-refractivity contribution in [2.24, 2.45) is 0 Å². The molecule has 0 saturated carbocycles. The molecule has 0 N–H and O–H groups in total. The number of amides is 3. The molecule has 1 unspecified atom stereocenters. The van der Waals surface area contributed by atoms with Crippen LogP contribution < -0.4 is 14.5 Å². The van der Waals surface area contributed by atoms with Crippen LogP contribution in [0.5, 0.6) is 5.75 Å². The summed E-state index contributed by atoms with van der Waals surface area (Å²) in [5, 5.41) is 0.550. The zero-order valence-corrected chi connectivity index (χ0v) is 19.0. The van der Waals surface area contributed by atoms with E-state index in [1.54, 1.807) is 36.3 Å². The van der Waals surface area contributed by atoms with Crippen molar-refractivity contribution >= 4 is 50.1 Å². The van der Waals surface area contributed by atoms with Gasteiger partial charge in [-0.1, -0.05) is 23.5 Å². The summed E-state index contributed by atoms with van der Waals surface area (Å²) in [4.78, 5) is 45.6. The Labute approximate surface area is 194 Å². The summed E-state index contributed by atoms with van der Waals surface area (Å²) in [6.07, 6.45) is 2.13. The van der Waals surface area contributed by atoms with Gasteiger partial charge in [0.25, 0.3) is 5.91 Å². The highest BCUT2D eigenvalue weighted by atomic mass is 32.1. The van der Waals surface area contributed by atoms with Gasteiger partial charge in [-0.15, -0.1) is 0 Å². The molecule has 3 amide bonds. The second kappa shape index (κ2) is 8.92. The molecule has 2 fully saturated rings. The number of anilines is 2. The molecule has 0 bridgehead atoms. The SMILES string of the molecule is COc1cccc2sc(N(CC3CCCO3)C(=O)c3cccc(N4C(=O)CCC4=O)c3)nc12. The summed E-state index contributed by atoms with van der Waals surface area (Å²) in [6.45, 7) is 1.04. The van der Waals surface area contributed by atoms with Crippen LogP contribution in [0.4, 0.5) is 10.8 Å². The Morgan fingerprint density at radius 2 is 2.00 bits per heavy atom. The normalized spacial score (nSPS) is 18.3. The zero-order valence-electron chi connectivity index (χ0n) is 18.2. The maximum atomic E-state index is 13.7. The van der Waals surface area contributed by atoms with E-state index in [4.69, 9.17) is 14.5 Å².